The minimum Gasteiger partial charge on any atom is -0.508 e. The van der Waals surface area contributed by atoms with Crippen molar-refractivity contribution < 1.29 is 9.90 Å². The molecule has 0 aromatic heterocycles. The van der Waals surface area contributed by atoms with Gasteiger partial charge in [0.05, 0.1) is 0 Å². The van der Waals surface area contributed by atoms with E-state index in [1.54, 1.807) is 19.2 Å². The number of phenols is 1. The summed E-state index contributed by atoms with van der Waals surface area (Å²) in [6.45, 7) is 0. The van der Waals surface area contributed by atoms with Crippen LogP contribution in [0.25, 0.3) is 0 Å². The summed E-state index contributed by atoms with van der Waals surface area (Å²) >= 11 is 0. The zero-order valence-corrected chi connectivity index (χ0v) is 8.03. The molecule has 0 aliphatic heterocycles. The molecule has 3 nitrogen and oxygen atoms in total. The number of benzene rings is 1. The van der Waals surface area contributed by atoms with E-state index in [2.05, 4.69) is 5.32 Å². The van der Waals surface area contributed by atoms with E-state index in [0.717, 1.165) is 12.0 Å². The molecule has 0 saturated heterocycles. The van der Waals surface area contributed by atoms with Crippen LogP contribution in [0.2, 0.25) is 0 Å². The summed E-state index contributed by atoms with van der Waals surface area (Å²) < 4.78 is 0. The Kier molecular flexibility index (Phi) is 2.15. The lowest BCUT2D eigenvalue weighted by Gasteiger charge is -2.00. The van der Waals surface area contributed by atoms with Gasteiger partial charge < -0.3 is 10.4 Å². The van der Waals surface area contributed by atoms with Crippen LogP contribution in [-0.4, -0.2) is 18.1 Å². The van der Waals surface area contributed by atoms with Gasteiger partial charge in [0, 0.05) is 13.0 Å². The van der Waals surface area contributed by atoms with Crippen LogP contribution < -0.4 is 5.32 Å². The number of hydrogen-bond donors (Lipinski definition) is 2. The normalized spacial score (nSPS) is 24.4. The topological polar surface area (TPSA) is 49.3 Å². The lowest BCUT2D eigenvalue weighted by atomic mass is 10.1. The summed E-state index contributed by atoms with van der Waals surface area (Å²) in [7, 11) is 1.66. The summed E-state index contributed by atoms with van der Waals surface area (Å²) in [5.74, 6) is 0.856. The first kappa shape index (κ1) is 9.06. The van der Waals surface area contributed by atoms with Crippen molar-refractivity contribution in [3.05, 3.63) is 29.8 Å². The summed E-state index contributed by atoms with van der Waals surface area (Å²) in [6, 6.07) is 7.08. The molecule has 1 aromatic carbocycles. The second-order valence-electron chi connectivity index (χ2n) is 3.65. The van der Waals surface area contributed by atoms with Crippen molar-refractivity contribution in [2.24, 2.45) is 5.92 Å². The predicted molar refractivity (Wildman–Crippen MR) is 53.0 cm³/mol. The monoisotopic (exact) mass is 191 g/mol. The number of hydrogen-bond acceptors (Lipinski definition) is 2. The highest BCUT2D eigenvalue weighted by atomic mass is 16.3. The maximum Gasteiger partial charge on any atom is 0.223 e. The number of aromatic hydroxyl groups is 1. The minimum absolute atomic E-state index is 0.114. The molecule has 0 heterocycles. The Labute approximate surface area is 82.8 Å². The highest BCUT2D eigenvalue weighted by Gasteiger charge is 2.43. The number of nitrogens with one attached hydrogen (secondary N) is 1. The minimum atomic E-state index is 0.114. The molecule has 1 aromatic rings. The van der Waals surface area contributed by atoms with Crippen LogP contribution in [0.5, 0.6) is 5.75 Å². The van der Waals surface area contributed by atoms with Crippen molar-refractivity contribution in [1.82, 2.24) is 5.32 Å². The molecule has 2 rings (SSSR count). The van der Waals surface area contributed by atoms with Crippen LogP contribution in [0.4, 0.5) is 0 Å². The first-order valence-corrected chi connectivity index (χ1v) is 4.73. The third kappa shape index (κ3) is 1.58. The van der Waals surface area contributed by atoms with Crippen molar-refractivity contribution in [2.45, 2.75) is 12.3 Å². The highest BCUT2D eigenvalue weighted by Crippen LogP contribution is 2.47. The number of carbonyl (C=O) groups excluding carboxylic acids is 1. The molecule has 3 heteroatoms. The Morgan fingerprint density at radius 2 is 2.07 bits per heavy atom. The molecule has 1 amide bonds. The van der Waals surface area contributed by atoms with Crippen LogP contribution in [0.15, 0.2) is 24.3 Å². The molecule has 0 radical (unpaired) electrons. The molecule has 74 valence electrons. The number of carbonyl (C=O) groups is 1. The van der Waals surface area contributed by atoms with Gasteiger partial charge in [-0.1, -0.05) is 12.1 Å². The Morgan fingerprint density at radius 1 is 1.43 bits per heavy atom. The second-order valence-corrected chi connectivity index (χ2v) is 3.65. The van der Waals surface area contributed by atoms with Gasteiger partial charge in [-0.3, -0.25) is 4.79 Å². The first-order chi connectivity index (χ1) is 6.72. The number of amides is 1. The van der Waals surface area contributed by atoms with Crippen LogP contribution in [-0.2, 0) is 4.79 Å². The fraction of sp³-hybridized carbons (Fsp3) is 0.364. The van der Waals surface area contributed by atoms with Crippen molar-refractivity contribution in [1.29, 1.82) is 0 Å². The zero-order valence-electron chi connectivity index (χ0n) is 8.03. The Hall–Kier alpha value is -1.51. The van der Waals surface area contributed by atoms with E-state index in [4.69, 9.17) is 5.11 Å². The molecule has 0 bridgehead atoms. The summed E-state index contributed by atoms with van der Waals surface area (Å²) in [5, 5.41) is 11.8. The average Bonchev–Trinajstić information content (AvgIpc) is 2.98. The van der Waals surface area contributed by atoms with Gasteiger partial charge in [0.25, 0.3) is 0 Å². The fourth-order valence-electron chi connectivity index (χ4n) is 1.76. The van der Waals surface area contributed by atoms with E-state index < -0.39 is 0 Å². The van der Waals surface area contributed by atoms with Crippen molar-refractivity contribution in [3.63, 3.8) is 0 Å². The van der Waals surface area contributed by atoms with Crippen molar-refractivity contribution >= 4 is 5.91 Å². The Balaban J connectivity index is 2.06. The standard InChI is InChI=1S/C11H13NO2/c1-12-11(14)10-6-9(10)7-2-4-8(13)5-3-7/h2-5,9-10,13H,6H2,1H3,(H,12,14). The third-order valence-corrected chi connectivity index (χ3v) is 2.69. The molecular formula is C11H13NO2. The third-order valence-electron chi connectivity index (χ3n) is 2.69. The summed E-state index contributed by atoms with van der Waals surface area (Å²) in [5.41, 5.74) is 1.14. The smallest absolute Gasteiger partial charge is 0.223 e. The van der Waals surface area contributed by atoms with E-state index in [-0.39, 0.29) is 17.6 Å². The van der Waals surface area contributed by atoms with E-state index in [0.29, 0.717) is 5.92 Å². The van der Waals surface area contributed by atoms with Gasteiger partial charge in [-0.25, -0.2) is 0 Å². The van der Waals surface area contributed by atoms with Gasteiger partial charge in [-0.05, 0) is 30.0 Å². The number of rotatable bonds is 2. The van der Waals surface area contributed by atoms with Crippen LogP contribution in [0.1, 0.15) is 17.9 Å². The lowest BCUT2D eigenvalue weighted by molar-refractivity contribution is -0.121. The van der Waals surface area contributed by atoms with Gasteiger partial charge in [-0.15, -0.1) is 0 Å². The molecule has 2 N–H and O–H groups in total. The van der Waals surface area contributed by atoms with Gasteiger partial charge in [0.2, 0.25) is 5.91 Å². The van der Waals surface area contributed by atoms with Crippen LogP contribution in [0.3, 0.4) is 0 Å². The van der Waals surface area contributed by atoms with Gasteiger partial charge in [0.15, 0.2) is 0 Å². The van der Waals surface area contributed by atoms with E-state index >= 15 is 0 Å². The SMILES string of the molecule is CNC(=O)C1CC1c1ccc(O)cc1. The largest absolute Gasteiger partial charge is 0.508 e. The maximum atomic E-state index is 11.3. The van der Waals surface area contributed by atoms with E-state index in [9.17, 15) is 4.79 Å². The average molecular weight is 191 g/mol. The van der Waals surface area contributed by atoms with Gasteiger partial charge in [0.1, 0.15) is 5.75 Å². The molecule has 14 heavy (non-hydrogen) atoms. The van der Waals surface area contributed by atoms with Crippen LogP contribution in [0, 0.1) is 5.92 Å². The first-order valence-electron chi connectivity index (χ1n) is 4.73. The lowest BCUT2D eigenvalue weighted by Crippen LogP contribution is -2.20. The van der Waals surface area contributed by atoms with Gasteiger partial charge >= 0.3 is 0 Å². The Bertz CT molecular complexity index is 345. The molecular weight excluding hydrogens is 178 g/mol. The molecule has 1 fully saturated rings. The molecule has 1 aliphatic carbocycles. The Morgan fingerprint density at radius 3 is 2.64 bits per heavy atom. The van der Waals surface area contributed by atoms with Crippen molar-refractivity contribution in [2.75, 3.05) is 7.05 Å². The highest BCUT2D eigenvalue weighted by molar-refractivity contribution is 5.82. The van der Waals surface area contributed by atoms with Gasteiger partial charge in [-0.2, -0.15) is 0 Å². The quantitative estimate of drug-likeness (QED) is 0.739. The van der Waals surface area contributed by atoms with E-state index in [1.165, 1.54) is 0 Å². The molecule has 2 unspecified atom stereocenters. The maximum absolute atomic E-state index is 11.3. The van der Waals surface area contributed by atoms with Crippen molar-refractivity contribution in [3.8, 4) is 5.75 Å². The predicted octanol–water partition coefficient (Wildman–Crippen LogP) is 1.24. The second kappa shape index (κ2) is 3.33. The fourth-order valence-corrected chi connectivity index (χ4v) is 1.76. The van der Waals surface area contributed by atoms with E-state index in [1.807, 2.05) is 12.1 Å². The summed E-state index contributed by atoms with van der Waals surface area (Å²) in [4.78, 5) is 11.3. The zero-order chi connectivity index (χ0) is 10.1. The van der Waals surface area contributed by atoms with Crippen LogP contribution >= 0.6 is 0 Å². The summed E-state index contributed by atoms with van der Waals surface area (Å²) in [6.07, 6.45) is 0.921. The molecule has 2 atom stereocenters. The molecule has 1 saturated carbocycles. The molecule has 1 aliphatic rings. The number of phenolic OH excluding ortho intramolecular Hbond substituents is 1. The molecule has 0 spiro atoms.